The molecule has 0 radical (unpaired) electrons. The maximum absolute atomic E-state index is 11.3. The van der Waals surface area contributed by atoms with Gasteiger partial charge in [0.25, 0.3) is 5.91 Å². The third kappa shape index (κ3) is 3.14. The van der Waals surface area contributed by atoms with Crippen molar-refractivity contribution in [3.8, 4) is 6.07 Å². The lowest BCUT2D eigenvalue weighted by atomic mass is 10.1. The van der Waals surface area contributed by atoms with Crippen molar-refractivity contribution in [1.29, 1.82) is 5.26 Å². The summed E-state index contributed by atoms with van der Waals surface area (Å²) < 4.78 is 0. The van der Waals surface area contributed by atoms with Gasteiger partial charge in [0.2, 0.25) is 5.71 Å². The number of hydrogen-bond acceptors (Lipinski definition) is 5. The highest BCUT2D eigenvalue weighted by atomic mass is 16.1. The number of benzene rings is 1. The summed E-state index contributed by atoms with van der Waals surface area (Å²) in [6.45, 7) is 1.41. The minimum atomic E-state index is -0.930. The monoisotopic (exact) mass is 230 g/mol. The van der Waals surface area contributed by atoms with E-state index in [-0.39, 0.29) is 5.78 Å². The molecule has 1 aromatic rings. The summed E-state index contributed by atoms with van der Waals surface area (Å²) in [5.74, 6) is -1.08. The predicted octanol–water partition coefficient (Wildman–Crippen LogP) is 0.666. The number of primary amides is 1. The highest BCUT2D eigenvalue weighted by Gasteiger charge is 2.08. The molecular weight excluding hydrogens is 220 g/mol. The van der Waals surface area contributed by atoms with Crippen LogP contribution in [-0.2, 0) is 4.79 Å². The number of carbonyl (C=O) groups is 2. The van der Waals surface area contributed by atoms with Crippen molar-refractivity contribution in [3.63, 3.8) is 0 Å². The molecule has 6 nitrogen and oxygen atoms in total. The van der Waals surface area contributed by atoms with E-state index in [2.05, 4.69) is 10.5 Å². The second kappa shape index (κ2) is 5.42. The summed E-state index contributed by atoms with van der Waals surface area (Å²) in [6.07, 6.45) is 0. The van der Waals surface area contributed by atoms with Gasteiger partial charge in [0.15, 0.2) is 5.78 Å². The number of anilines is 1. The highest BCUT2D eigenvalue weighted by Crippen LogP contribution is 2.15. The molecular formula is C11H10N4O2. The number of hydrogen-bond donors (Lipinski definition) is 2. The fraction of sp³-hybridized carbons (Fsp3) is 0.0909. The maximum atomic E-state index is 11.3. The van der Waals surface area contributed by atoms with Crippen LogP contribution in [0.5, 0.6) is 0 Å². The molecule has 0 saturated heterocycles. The standard InChI is InChI=1S/C11H10N4O2/c1-7(16)8-4-2-3-5-9(8)14-15-10(6-12)11(13)17/h2-5,14H,1H3,(H2,13,17)/b15-10+. The van der Waals surface area contributed by atoms with Gasteiger partial charge in [-0.25, -0.2) is 0 Å². The number of hydrazone groups is 1. The van der Waals surface area contributed by atoms with Crippen LogP contribution in [0.4, 0.5) is 5.69 Å². The van der Waals surface area contributed by atoms with Gasteiger partial charge in [-0.1, -0.05) is 12.1 Å². The van der Waals surface area contributed by atoms with Gasteiger partial charge in [-0.3, -0.25) is 15.0 Å². The van der Waals surface area contributed by atoms with E-state index >= 15 is 0 Å². The molecule has 0 spiro atoms. The summed E-state index contributed by atoms with van der Waals surface area (Å²) in [6, 6.07) is 8.16. The normalized spacial score (nSPS) is 10.5. The summed E-state index contributed by atoms with van der Waals surface area (Å²) in [5.41, 5.74) is 7.75. The Morgan fingerprint density at radius 1 is 1.41 bits per heavy atom. The molecule has 0 aliphatic carbocycles. The molecule has 0 unspecified atom stereocenters. The second-order valence-electron chi connectivity index (χ2n) is 3.15. The molecule has 1 aromatic carbocycles. The first-order valence-electron chi connectivity index (χ1n) is 4.70. The highest BCUT2D eigenvalue weighted by molar-refractivity contribution is 6.44. The average molecular weight is 230 g/mol. The Labute approximate surface area is 97.7 Å². The molecule has 0 heterocycles. The van der Waals surface area contributed by atoms with Gasteiger partial charge >= 0.3 is 0 Å². The summed E-state index contributed by atoms with van der Waals surface area (Å²) in [4.78, 5) is 22.0. The Kier molecular flexibility index (Phi) is 3.95. The van der Waals surface area contributed by atoms with Crippen molar-refractivity contribution in [2.75, 3.05) is 5.43 Å². The molecule has 0 saturated carbocycles. The molecule has 0 atom stereocenters. The van der Waals surface area contributed by atoms with Crippen LogP contribution < -0.4 is 11.2 Å². The zero-order valence-corrected chi connectivity index (χ0v) is 9.10. The average Bonchev–Trinajstić information content (AvgIpc) is 2.29. The molecule has 17 heavy (non-hydrogen) atoms. The number of Topliss-reactive ketones (excluding diaryl/α,β-unsaturated/α-hetero) is 1. The van der Waals surface area contributed by atoms with Crippen molar-refractivity contribution in [2.24, 2.45) is 10.8 Å². The maximum Gasteiger partial charge on any atom is 0.280 e. The van der Waals surface area contributed by atoms with Crippen molar-refractivity contribution < 1.29 is 9.59 Å². The molecule has 1 rings (SSSR count). The van der Waals surface area contributed by atoms with Gasteiger partial charge in [0.1, 0.15) is 6.07 Å². The smallest absolute Gasteiger partial charge is 0.280 e. The van der Waals surface area contributed by atoms with Gasteiger partial charge in [-0.2, -0.15) is 10.4 Å². The number of nitrogens with one attached hydrogen (secondary N) is 1. The number of ketones is 1. The topological polar surface area (TPSA) is 108 Å². The van der Waals surface area contributed by atoms with E-state index in [4.69, 9.17) is 11.0 Å². The SMILES string of the molecule is CC(=O)c1ccccc1N/N=C(\C#N)C(N)=O. The lowest BCUT2D eigenvalue weighted by molar-refractivity contribution is -0.111. The molecule has 1 amide bonds. The largest absolute Gasteiger partial charge is 0.364 e. The van der Waals surface area contributed by atoms with Crippen molar-refractivity contribution >= 4 is 23.1 Å². The lowest BCUT2D eigenvalue weighted by Gasteiger charge is -2.05. The van der Waals surface area contributed by atoms with E-state index in [9.17, 15) is 9.59 Å². The van der Waals surface area contributed by atoms with E-state index in [1.807, 2.05) is 0 Å². The summed E-state index contributed by atoms with van der Waals surface area (Å²) in [5, 5.41) is 12.1. The van der Waals surface area contributed by atoms with E-state index in [0.29, 0.717) is 11.3 Å². The Morgan fingerprint density at radius 3 is 2.59 bits per heavy atom. The van der Waals surface area contributed by atoms with Crippen LogP contribution in [0, 0.1) is 11.3 Å². The predicted molar refractivity (Wildman–Crippen MR) is 62.3 cm³/mol. The minimum Gasteiger partial charge on any atom is -0.364 e. The van der Waals surface area contributed by atoms with E-state index in [1.165, 1.54) is 6.92 Å². The Morgan fingerprint density at radius 2 is 2.06 bits per heavy atom. The van der Waals surface area contributed by atoms with Crippen LogP contribution in [0.3, 0.4) is 0 Å². The van der Waals surface area contributed by atoms with E-state index in [0.717, 1.165) is 0 Å². The summed E-state index contributed by atoms with van der Waals surface area (Å²) >= 11 is 0. The Balaban J connectivity index is 3.01. The Hall–Kier alpha value is -2.68. The molecule has 0 aromatic heterocycles. The summed E-state index contributed by atoms with van der Waals surface area (Å²) in [7, 11) is 0. The third-order valence-electron chi connectivity index (χ3n) is 1.93. The van der Waals surface area contributed by atoms with Gasteiger partial charge in [-0.15, -0.1) is 0 Å². The molecule has 86 valence electrons. The van der Waals surface area contributed by atoms with Gasteiger partial charge in [0.05, 0.1) is 5.69 Å². The fourth-order valence-corrected chi connectivity index (χ4v) is 1.14. The van der Waals surface area contributed by atoms with Crippen LogP contribution in [0.1, 0.15) is 17.3 Å². The molecule has 0 aliphatic heterocycles. The molecule has 6 heteroatoms. The van der Waals surface area contributed by atoms with Crippen LogP contribution in [0.25, 0.3) is 0 Å². The fourth-order valence-electron chi connectivity index (χ4n) is 1.14. The zero-order valence-electron chi connectivity index (χ0n) is 9.10. The number of nitrogens with zero attached hydrogens (tertiary/aromatic N) is 2. The van der Waals surface area contributed by atoms with Gasteiger partial charge in [0, 0.05) is 5.56 Å². The molecule has 3 N–H and O–H groups in total. The van der Waals surface area contributed by atoms with E-state index < -0.39 is 11.6 Å². The number of amides is 1. The van der Waals surface area contributed by atoms with Crippen molar-refractivity contribution in [2.45, 2.75) is 6.92 Å². The molecule has 0 aliphatic rings. The first-order chi connectivity index (χ1) is 8.06. The molecule has 0 bridgehead atoms. The first kappa shape index (κ1) is 12.4. The quantitative estimate of drug-likeness (QED) is 0.450. The van der Waals surface area contributed by atoms with Crippen molar-refractivity contribution in [1.82, 2.24) is 0 Å². The first-order valence-corrected chi connectivity index (χ1v) is 4.70. The van der Waals surface area contributed by atoms with Gasteiger partial charge in [-0.05, 0) is 19.1 Å². The minimum absolute atomic E-state index is 0.152. The van der Waals surface area contributed by atoms with Crippen LogP contribution in [-0.4, -0.2) is 17.4 Å². The molecule has 0 fully saturated rings. The number of nitriles is 1. The van der Waals surface area contributed by atoms with Crippen molar-refractivity contribution in [3.05, 3.63) is 29.8 Å². The van der Waals surface area contributed by atoms with E-state index in [1.54, 1.807) is 30.3 Å². The van der Waals surface area contributed by atoms with Crippen LogP contribution >= 0.6 is 0 Å². The zero-order chi connectivity index (χ0) is 12.8. The Bertz CT molecular complexity index is 529. The van der Waals surface area contributed by atoms with Crippen LogP contribution in [0.2, 0.25) is 0 Å². The number of carbonyl (C=O) groups excluding carboxylic acids is 2. The third-order valence-corrected chi connectivity index (χ3v) is 1.93. The van der Waals surface area contributed by atoms with Gasteiger partial charge < -0.3 is 5.73 Å². The second-order valence-corrected chi connectivity index (χ2v) is 3.15. The van der Waals surface area contributed by atoms with Crippen LogP contribution in [0.15, 0.2) is 29.4 Å². The lowest BCUT2D eigenvalue weighted by Crippen LogP contribution is -2.22. The number of nitrogens with two attached hydrogens (primary N) is 1. The number of rotatable bonds is 4. The number of para-hydroxylation sites is 1.